The zero-order chi connectivity index (χ0) is 20.8. The van der Waals surface area contributed by atoms with E-state index in [1.807, 2.05) is 41.8 Å². The minimum Gasteiger partial charge on any atom is -0.343 e. The molecule has 0 unspecified atom stereocenters. The van der Waals surface area contributed by atoms with Gasteiger partial charge in [-0.15, -0.1) is 0 Å². The molecule has 0 spiro atoms. The smallest absolute Gasteiger partial charge is 0.267 e. The maximum absolute atomic E-state index is 13.6. The highest BCUT2D eigenvalue weighted by molar-refractivity contribution is 5.96. The minimum atomic E-state index is -0.995. The number of halogens is 2. The van der Waals surface area contributed by atoms with E-state index in [0.717, 1.165) is 23.3 Å². The van der Waals surface area contributed by atoms with E-state index < -0.39 is 30.0 Å². The highest BCUT2D eigenvalue weighted by atomic mass is 19.1. The van der Waals surface area contributed by atoms with Gasteiger partial charge >= 0.3 is 0 Å². The number of nitrogens with one attached hydrogen (secondary N) is 1. The van der Waals surface area contributed by atoms with Gasteiger partial charge in [0.25, 0.3) is 11.8 Å². The summed E-state index contributed by atoms with van der Waals surface area (Å²) in [5, 5.41) is 2.30. The Balaban J connectivity index is 1.70. The molecule has 0 saturated heterocycles. The average molecular weight is 395 g/mol. The van der Waals surface area contributed by atoms with Crippen LogP contribution in [0.2, 0.25) is 0 Å². The molecule has 0 aliphatic rings. The Morgan fingerprint density at radius 1 is 1.03 bits per heavy atom. The van der Waals surface area contributed by atoms with Crippen molar-refractivity contribution in [3.63, 3.8) is 0 Å². The van der Waals surface area contributed by atoms with Gasteiger partial charge in [-0.05, 0) is 36.8 Å². The predicted octanol–water partition coefficient (Wildman–Crippen LogP) is 2.98. The molecule has 1 aromatic heterocycles. The number of benzene rings is 2. The third-order valence-electron chi connectivity index (χ3n) is 4.21. The van der Waals surface area contributed by atoms with Gasteiger partial charge in [-0.2, -0.15) is 4.99 Å². The van der Waals surface area contributed by atoms with Gasteiger partial charge in [0.2, 0.25) is 0 Å². The van der Waals surface area contributed by atoms with Crippen molar-refractivity contribution in [2.75, 3.05) is 6.54 Å². The SMILES string of the molecule is Cc1ccc(Cn2ccccc2=NC(=O)CNC(=O)c2ccc(F)cc2F)cc1. The maximum atomic E-state index is 13.6. The number of hydrogen-bond donors (Lipinski definition) is 1. The lowest BCUT2D eigenvalue weighted by atomic mass is 10.1. The fourth-order valence-electron chi connectivity index (χ4n) is 2.68. The first-order valence-corrected chi connectivity index (χ1v) is 8.94. The van der Waals surface area contributed by atoms with Crippen LogP contribution >= 0.6 is 0 Å². The largest absolute Gasteiger partial charge is 0.343 e. The number of carbonyl (C=O) groups is 2. The lowest BCUT2D eigenvalue weighted by Gasteiger charge is -2.08. The lowest BCUT2D eigenvalue weighted by Crippen LogP contribution is -2.31. The molecule has 1 heterocycles. The average Bonchev–Trinajstić information content (AvgIpc) is 2.69. The van der Waals surface area contributed by atoms with Crippen LogP contribution in [0.5, 0.6) is 0 Å². The molecule has 0 saturated carbocycles. The first-order valence-electron chi connectivity index (χ1n) is 8.94. The van der Waals surface area contributed by atoms with Gasteiger partial charge in [0.1, 0.15) is 17.1 Å². The molecule has 3 aromatic rings. The van der Waals surface area contributed by atoms with Crippen molar-refractivity contribution in [1.82, 2.24) is 9.88 Å². The van der Waals surface area contributed by atoms with E-state index in [1.54, 1.807) is 18.3 Å². The number of hydrogen-bond acceptors (Lipinski definition) is 2. The number of nitrogens with zero attached hydrogens (tertiary/aromatic N) is 2. The van der Waals surface area contributed by atoms with Crippen LogP contribution < -0.4 is 10.8 Å². The van der Waals surface area contributed by atoms with E-state index in [2.05, 4.69) is 10.3 Å². The molecule has 5 nitrogen and oxygen atoms in total. The second-order valence-electron chi connectivity index (χ2n) is 6.48. The molecule has 0 radical (unpaired) electrons. The number of rotatable bonds is 5. The molecule has 2 aromatic carbocycles. The number of aromatic nitrogens is 1. The predicted molar refractivity (Wildman–Crippen MR) is 104 cm³/mol. The normalized spacial score (nSPS) is 11.3. The molecule has 1 N–H and O–H groups in total. The van der Waals surface area contributed by atoms with Gasteiger partial charge in [-0.1, -0.05) is 35.9 Å². The number of aryl methyl sites for hydroxylation is 1. The highest BCUT2D eigenvalue weighted by Crippen LogP contribution is 2.09. The van der Waals surface area contributed by atoms with E-state index >= 15 is 0 Å². The van der Waals surface area contributed by atoms with Crippen LogP contribution in [-0.2, 0) is 11.3 Å². The van der Waals surface area contributed by atoms with E-state index in [1.165, 1.54) is 0 Å². The molecular formula is C22H19F2N3O2. The fourth-order valence-corrected chi connectivity index (χ4v) is 2.68. The molecule has 3 rings (SSSR count). The van der Waals surface area contributed by atoms with Gasteiger partial charge in [0.15, 0.2) is 0 Å². The van der Waals surface area contributed by atoms with Crippen LogP contribution in [0.1, 0.15) is 21.5 Å². The molecular weight excluding hydrogens is 376 g/mol. The Morgan fingerprint density at radius 3 is 2.52 bits per heavy atom. The Kier molecular flexibility index (Phi) is 6.29. The summed E-state index contributed by atoms with van der Waals surface area (Å²) in [5.41, 5.74) is 2.30. The molecule has 7 heteroatoms. The summed E-state index contributed by atoms with van der Waals surface area (Å²) in [7, 11) is 0. The fraction of sp³-hybridized carbons (Fsp3) is 0.136. The monoisotopic (exact) mass is 395 g/mol. The first-order chi connectivity index (χ1) is 13.9. The van der Waals surface area contributed by atoms with E-state index in [-0.39, 0.29) is 5.56 Å². The topological polar surface area (TPSA) is 63.5 Å². The van der Waals surface area contributed by atoms with Crippen LogP contribution in [0.15, 0.2) is 71.9 Å². The van der Waals surface area contributed by atoms with Crippen LogP contribution in [0.25, 0.3) is 0 Å². The number of amides is 2. The van der Waals surface area contributed by atoms with Gasteiger partial charge in [0, 0.05) is 18.8 Å². The molecule has 0 aliphatic carbocycles. The van der Waals surface area contributed by atoms with Gasteiger partial charge in [-0.3, -0.25) is 9.59 Å². The quantitative estimate of drug-likeness (QED) is 0.722. The standard InChI is InChI=1S/C22H19F2N3O2/c1-15-5-7-16(8-6-15)14-27-11-3-2-4-20(27)26-21(28)13-25-22(29)18-10-9-17(23)12-19(18)24/h2-12H,13-14H2,1H3,(H,25,29). The number of carbonyl (C=O) groups excluding carboxylic acids is 2. The van der Waals surface area contributed by atoms with Crippen molar-refractivity contribution in [3.05, 3.63) is 101 Å². The molecule has 0 aliphatic heterocycles. The first kappa shape index (κ1) is 20.1. The molecule has 29 heavy (non-hydrogen) atoms. The molecule has 2 amide bonds. The van der Waals surface area contributed by atoms with Crippen LogP contribution in [-0.4, -0.2) is 22.9 Å². The van der Waals surface area contributed by atoms with Crippen LogP contribution in [0.4, 0.5) is 8.78 Å². The van der Waals surface area contributed by atoms with Gasteiger partial charge in [-0.25, -0.2) is 8.78 Å². The zero-order valence-electron chi connectivity index (χ0n) is 15.7. The second-order valence-corrected chi connectivity index (χ2v) is 6.48. The van der Waals surface area contributed by atoms with Crippen molar-refractivity contribution in [2.45, 2.75) is 13.5 Å². The summed E-state index contributed by atoms with van der Waals surface area (Å²) >= 11 is 0. The van der Waals surface area contributed by atoms with Crippen molar-refractivity contribution in [2.24, 2.45) is 4.99 Å². The summed E-state index contributed by atoms with van der Waals surface area (Å²) in [6, 6.07) is 15.9. The Hall–Kier alpha value is -3.61. The van der Waals surface area contributed by atoms with E-state index in [4.69, 9.17) is 0 Å². The van der Waals surface area contributed by atoms with Crippen molar-refractivity contribution in [1.29, 1.82) is 0 Å². The van der Waals surface area contributed by atoms with Crippen molar-refractivity contribution < 1.29 is 18.4 Å². The maximum Gasteiger partial charge on any atom is 0.267 e. The molecule has 0 bridgehead atoms. The minimum absolute atomic E-state index is 0.339. The van der Waals surface area contributed by atoms with E-state index in [0.29, 0.717) is 18.1 Å². The summed E-state index contributed by atoms with van der Waals surface area (Å²) in [4.78, 5) is 28.2. The van der Waals surface area contributed by atoms with Gasteiger partial charge < -0.3 is 9.88 Å². The number of pyridine rings is 1. The van der Waals surface area contributed by atoms with Crippen LogP contribution in [0, 0.1) is 18.6 Å². The molecule has 0 fully saturated rings. The van der Waals surface area contributed by atoms with Crippen LogP contribution in [0.3, 0.4) is 0 Å². The summed E-state index contributed by atoms with van der Waals surface area (Å²) in [6.07, 6.45) is 1.80. The zero-order valence-corrected chi connectivity index (χ0v) is 15.7. The summed E-state index contributed by atoms with van der Waals surface area (Å²) in [6.45, 7) is 2.13. The summed E-state index contributed by atoms with van der Waals surface area (Å²) < 4.78 is 28.4. The lowest BCUT2D eigenvalue weighted by molar-refractivity contribution is -0.117. The van der Waals surface area contributed by atoms with E-state index in [9.17, 15) is 18.4 Å². The highest BCUT2D eigenvalue weighted by Gasteiger charge is 2.13. The van der Waals surface area contributed by atoms with Gasteiger partial charge in [0.05, 0.1) is 12.1 Å². The Bertz CT molecular complexity index is 1110. The Labute approximate surface area is 166 Å². The van der Waals surface area contributed by atoms with Crippen molar-refractivity contribution in [3.8, 4) is 0 Å². The molecule has 148 valence electrons. The molecule has 0 atom stereocenters. The summed E-state index contributed by atoms with van der Waals surface area (Å²) in [5.74, 6) is -3.19. The third kappa shape index (κ3) is 5.44. The Morgan fingerprint density at radius 2 is 1.79 bits per heavy atom. The third-order valence-corrected chi connectivity index (χ3v) is 4.21. The second kappa shape index (κ2) is 9.05. The van der Waals surface area contributed by atoms with Crippen molar-refractivity contribution >= 4 is 11.8 Å².